The average molecular weight is 186 g/mol. The number of allylic oxidation sites excluding steroid dienone is 4. The van der Waals surface area contributed by atoms with Crippen LogP contribution in [0.1, 0.15) is 19.8 Å². The normalized spacial score (nSPS) is 12.1. The Morgan fingerprint density at radius 1 is 1.58 bits per heavy atom. The van der Waals surface area contributed by atoms with Crippen LogP contribution < -0.4 is 5.32 Å². The van der Waals surface area contributed by atoms with Gasteiger partial charge in [0.25, 0.3) is 0 Å². The molecule has 0 amide bonds. The van der Waals surface area contributed by atoms with Crippen LogP contribution in [0.25, 0.3) is 0 Å². The number of hydrogen-bond donors (Lipinski definition) is 1. The van der Waals surface area contributed by atoms with Crippen LogP contribution in [0.15, 0.2) is 35.5 Å². The Bertz CT molecular complexity index is 192. The third-order valence-corrected chi connectivity index (χ3v) is 1.69. The van der Waals surface area contributed by atoms with Gasteiger partial charge in [0.15, 0.2) is 0 Å². The molecule has 0 aliphatic heterocycles. The van der Waals surface area contributed by atoms with Crippen molar-refractivity contribution in [1.29, 1.82) is 0 Å². The molecule has 68 valence electrons. The highest BCUT2D eigenvalue weighted by Gasteiger charge is 1.86. The van der Waals surface area contributed by atoms with Gasteiger partial charge >= 0.3 is 0 Å². The third kappa shape index (κ3) is 6.05. The number of halogens is 1. The second-order valence-corrected chi connectivity index (χ2v) is 2.93. The van der Waals surface area contributed by atoms with Crippen LogP contribution in [-0.2, 0) is 0 Å². The largest absolute Gasteiger partial charge is 0.389 e. The predicted octanol–water partition coefficient (Wildman–Crippen LogP) is 3.20. The van der Waals surface area contributed by atoms with Gasteiger partial charge in [0.05, 0.1) is 0 Å². The zero-order valence-electron chi connectivity index (χ0n) is 7.73. The summed E-state index contributed by atoms with van der Waals surface area (Å²) < 4.78 is 0. The highest BCUT2D eigenvalue weighted by molar-refractivity contribution is 6.29. The Labute approximate surface area is 79.8 Å². The van der Waals surface area contributed by atoms with Crippen molar-refractivity contribution in [3.05, 3.63) is 35.5 Å². The fourth-order valence-corrected chi connectivity index (χ4v) is 0.945. The Morgan fingerprint density at radius 2 is 2.25 bits per heavy atom. The lowest BCUT2D eigenvalue weighted by Gasteiger charge is -1.95. The third-order valence-electron chi connectivity index (χ3n) is 1.38. The zero-order valence-corrected chi connectivity index (χ0v) is 8.49. The second-order valence-electron chi connectivity index (χ2n) is 2.44. The minimum absolute atomic E-state index is 0.788. The molecule has 1 N–H and O–H groups in total. The monoisotopic (exact) mass is 185 g/mol. The molecule has 12 heavy (non-hydrogen) atoms. The van der Waals surface area contributed by atoms with Crippen LogP contribution in [0.5, 0.6) is 0 Å². The van der Waals surface area contributed by atoms with Gasteiger partial charge in [-0.3, -0.25) is 0 Å². The van der Waals surface area contributed by atoms with E-state index in [0.717, 1.165) is 23.6 Å². The van der Waals surface area contributed by atoms with Crippen molar-refractivity contribution in [2.75, 3.05) is 7.05 Å². The molecule has 0 unspecified atom stereocenters. The zero-order chi connectivity index (χ0) is 9.40. The molecule has 0 saturated heterocycles. The van der Waals surface area contributed by atoms with Gasteiger partial charge in [-0.25, -0.2) is 0 Å². The highest BCUT2D eigenvalue weighted by atomic mass is 35.5. The van der Waals surface area contributed by atoms with Crippen molar-refractivity contribution in [3.63, 3.8) is 0 Å². The van der Waals surface area contributed by atoms with E-state index in [1.165, 1.54) is 0 Å². The Hall–Kier alpha value is -0.690. The van der Waals surface area contributed by atoms with Gasteiger partial charge in [-0.1, -0.05) is 37.3 Å². The van der Waals surface area contributed by atoms with E-state index in [4.69, 9.17) is 11.6 Å². The summed E-state index contributed by atoms with van der Waals surface area (Å²) in [5, 5.41) is 3.81. The van der Waals surface area contributed by atoms with Crippen molar-refractivity contribution in [2.45, 2.75) is 19.8 Å². The highest BCUT2D eigenvalue weighted by Crippen LogP contribution is 2.08. The van der Waals surface area contributed by atoms with Gasteiger partial charge in [-0.15, -0.1) is 0 Å². The summed E-state index contributed by atoms with van der Waals surface area (Å²) in [6, 6.07) is 0. The smallest absolute Gasteiger partial charge is 0.0261 e. The molecule has 0 aromatic rings. The molecular formula is C10H16ClN. The van der Waals surface area contributed by atoms with Crippen molar-refractivity contribution >= 4 is 11.6 Å². The maximum atomic E-state index is 5.87. The quantitative estimate of drug-likeness (QED) is 0.649. The fourth-order valence-electron chi connectivity index (χ4n) is 0.702. The Morgan fingerprint density at radius 3 is 2.75 bits per heavy atom. The first-order valence-electron chi connectivity index (χ1n) is 4.08. The molecule has 0 rings (SSSR count). The standard InChI is InChI=1S/C10H16ClN/c1-4-6-10(11)8-5-7-9(2)12-3/h5-7,12H,2,4,8H2,1,3H3/b7-5+,10-6+. The molecule has 0 aromatic carbocycles. The Balaban J connectivity index is 3.74. The van der Waals surface area contributed by atoms with Gasteiger partial charge in [0.2, 0.25) is 0 Å². The van der Waals surface area contributed by atoms with Crippen LogP contribution in [0.4, 0.5) is 0 Å². The summed E-state index contributed by atoms with van der Waals surface area (Å²) in [4.78, 5) is 0. The summed E-state index contributed by atoms with van der Waals surface area (Å²) in [7, 11) is 1.84. The summed E-state index contributed by atoms with van der Waals surface area (Å²) in [6.07, 6.45) is 7.70. The van der Waals surface area contributed by atoms with Gasteiger partial charge < -0.3 is 5.32 Å². The van der Waals surface area contributed by atoms with E-state index in [-0.39, 0.29) is 0 Å². The minimum Gasteiger partial charge on any atom is -0.389 e. The number of nitrogens with one attached hydrogen (secondary N) is 1. The fraction of sp³-hybridized carbons (Fsp3) is 0.400. The molecule has 0 radical (unpaired) electrons. The topological polar surface area (TPSA) is 12.0 Å². The molecule has 2 heteroatoms. The van der Waals surface area contributed by atoms with Crippen LogP contribution in [0, 0.1) is 0 Å². The van der Waals surface area contributed by atoms with E-state index in [1.54, 1.807) is 0 Å². The molecule has 0 atom stereocenters. The lowest BCUT2D eigenvalue weighted by molar-refractivity contribution is 1.04. The lowest BCUT2D eigenvalue weighted by Crippen LogP contribution is -2.00. The molecule has 1 nitrogen and oxygen atoms in total. The first-order valence-corrected chi connectivity index (χ1v) is 4.46. The van der Waals surface area contributed by atoms with Crippen molar-refractivity contribution in [3.8, 4) is 0 Å². The molecule has 0 aliphatic carbocycles. The van der Waals surface area contributed by atoms with E-state index >= 15 is 0 Å². The van der Waals surface area contributed by atoms with Crippen LogP contribution in [0.2, 0.25) is 0 Å². The van der Waals surface area contributed by atoms with Gasteiger partial charge in [-0.05, 0) is 12.5 Å². The number of likely N-dealkylation sites (N-methyl/N-ethyl adjacent to an activating group) is 1. The maximum Gasteiger partial charge on any atom is 0.0261 e. The van der Waals surface area contributed by atoms with Gasteiger partial charge in [0, 0.05) is 24.2 Å². The number of hydrogen-bond acceptors (Lipinski definition) is 1. The molecule has 0 aromatic heterocycles. The number of rotatable bonds is 5. The van der Waals surface area contributed by atoms with Gasteiger partial charge in [0.1, 0.15) is 0 Å². The van der Waals surface area contributed by atoms with Crippen molar-refractivity contribution in [2.24, 2.45) is 0 Å². The Kier molecular flexibility index (Phi) is 6.58. The van der Waals surface area contributed by atoms with E-state index < -0.39 is 0 Å². The molecule has 0 bridgehead atoms. The SMILES string of the molecule is C=C(/C=C/C/C(Cl)=C\CC)NC. The van der Waals surface area contributed by atoms with Crippen molar-refractivity contribution in [1.82, 2.24) is 5.32 Å². The van der Waals surface area contributed by atoms with Gasteiger partial charge in [-0.2, -0.15) is 0 Å². The van der Waals surface area contributed by atoms with E-state index in [0.29, 0.717) is 0 Å². The molecule has 0 heterocycles. The van der Waals surface area contributed by atoms with Crippen LogP contribution in [0.3, 0.4) is 0 Å². The lowest BCUT2D eigenvalue weighted by atomic mass is 10.3. The predicted molar refractivity (Wildman–Crippen MR) is 56.2 cm³/mol. The van der Waals surface area contributed by atoms with E-state index in [9.17, 15) is 0 Å². The summed E-state index contributed by atoms with van der Waals surface area (Å²) in [6.45, 7) is 5.82. The second kappa shape index (κ2) is 6.99. The summed E-state index contributed by atoms with van der Waals surface area (Å²) >= 11 is 5.87. The molecule has 0 fully saturated rings. The van der Waals surface area contributed by atoms with E-state index in [1.807, 2.05) is 25.3 Å². The molecule has 0 aliphatic rings. The average Bonchev–Trinajstić information content (AvgIpc) is 2.04. The summed E-state index contributed by atoms with van der Waals surface area (Å²) in [5.41, 5.74) is 0.899. The van der Waals surface area contributed by atoms with Crippen LogP contribution >= 0.6 is 11.6 Å². The molecule has 0 saturated carbocycles. The van der Waals surface area contributed by atoms with Crippen molar-refractivity contribution < 1.29 is 0 Å². The molecular weight excluding hydrogens is 170 g/mol. The van der Waals surface area contributed by atoms with Crippen LogP contribution in [-0.4, -0.2) is 7.05 Å². The maximum absolute atomic E-state index is 5.87. The van der Waals surface area contributed by atoms with E-state index in [2.05, 4.69) is 18.8 Å². The minimum atomic E-state index is 0.788. The summed E-state index contributed by atoms with van der Waals surface area (Å²) in [5.74, 6) is 0. The first kappa shape index (κ1) is 11.3. The first-order chi connectivity index (χ1) is 5.70. The molecule has 0 spiro atoms.